The van der Waals surface area contributed by atoms with Gasteiger partial charge in [-0.05, 0) is 26.3 Å². The second-order valence-corrected chi connectivity index (χ2v) is 4.37. The Bertz CT molecular complexity index is 314. The SMILES string of the molecule is CCC(NC)c1cnn(C2CCCOC2)c1. The molecular weight excluding hydrogens is 202 g/mol. The number of rotatable bonds is 4. The maximum absolute atomic E-state index is 5.48. The summed E-state index contributed by atoms with van der Waals surface area (Å²) in [6.45, 7) is 3.89. The molecule has 0 saturated carbocycles. The quantitative estimate of drug-likeness (QED) is 0.847. The standard InChI is InChI=1S/C12H21N3O/c1-3-12(13-2)10-7-14-15(8-10)11-5-4-6-16-9-11/h7-8,11-13H,3-6,9H2,1-2H3. The number of nitrogens with one attached hydrogen (secondary N) is 1. The summed E-state index contributed by atoms with van der Waals surface area (Å²) in [7, 11) is 2.00. The van der Waals surface area contributed by atoms with Crippen LogP contribution in [-0.2, 0) is 4.74 Å². The molecule has 1 aromatic heterocycles. The van der Waals surface area contributed by atoms with Crippen molar-refractivity contribution in [1.82, 2.24) is 15.1 Å². The zero-order chi connectivity index (χ0) is 11.4. The van der Waals surface area contributed by atoms with E-state index in [-0.39, 0.29) is 0 Å². The zero-order valence-corrected chi connectivity index (χ0v) is 10.1. The summed E-state index contributed by atoms with van der Waals surface area (Å²) < 4.78 is 7.55. The smallest absolute Gasteiger partial charge is 0.0753 e. The number of nitrogens with zero attached hydrogens (tertiary/aromatic N) is 2. The van der Waals surface area contributed by atoms with Crippen molar-refractivity contribution in [2.24, 2.45) is 0 Å². The Hall–Kier alpha value is -0.870. The third kappa shape index (κ3) is 2.44. The molecule has 2 atom stereocenters. The second-order valence-electron chi connectivity index (χ2n) is 4.37. The van der Waals surface area contributed by atoms with E-state index >= 15 is 0 Å². The third-order valence-electron chi connectivity index (χ3n) is 3.29. The monoisotopic (exact) mass is 223 g/mol. The number of ether oxygens (including phenoxy) is 1. The first-order valence-corrected chi connectivity index (χ1v) is 6.14. The minimum Gasteiger partial charge on any atom is -0.379 e. The minimum absolute atomic E-state index is 0.415. The highest BCUT2D eigenvalue weighted by Crippen LogP contribution is 2.21. The Labute approximate surface area is 97.0 Å². The van der Waals surface area contributed by atoms with Crippen molar-refractivity contribution in [1.29, 1.82) is 0 Å². The maximum Gasteiger partial charge on any atom is 0.0753 e. The number of hydrogen-bond acceptors (Lipinski definition) is 3. The van der Waals surface area contributed by atoms with Crippen molar-refractivity contribution in [2.45, 2.75) is 38.3 Å². The fourth-order valence-corrected chi connectivity index (χ4v) is 2.27. The van der Waals surface area contributed by atoms with Crippen LogP contribution >= 0.6 is 0 Å². The van der Waals surface area contributed by atoms with Crippen LogP contribution in [0.15, 0.2) is 12.4 Å². The number of aromatic nitrogens is 2. The van der Waals surface area contributed by atoms with Crippen molar-refractivity contribution in [3.8, 4) is 0 Å². The van der Waals surface area contributed by atoms with Crippen LogP contribution in [0.4, 0.5) is 0 Å². The molecule has 2 heterocycles. The molecule has 1 aliphatic heterocycles. The van der Waals surface area contributed by atoms with E-state index in [1.807, 2.05) is 13.2 Å². The normalized spacial score (nSPS) is 23.2. The van der Waals surface area contributed by atoms with Gasteiger partial charge in [0.1, 0.15) is 0 Å². The first-order chi connectivity index (χ1) is 7.85. The lowest BCUT2D eigenvalue weighted by molar-refractivity contribution is 0.0549. The molecular formula is C12H21N3O. The van der Waals surface area contributed by atoms with Gasteiger partial charge in [-0.25, -0.2) is 0 Å². The van der Waals surface area contributed by atoms with E-state index in [9.17, 15) is 0 Å². The average Bonchev–Trinajstić information content (AvgIpc) is 2.81. The van der Waals surface area contributed by atoms with Crippen LogP contribution in [0.1, 0.15) is 43.8 Å². The predicted molar refractivity (Wildman–Crippen MR) is 63.4 cm³/mol. The molecule has 2 rings (SSSR count). The second kappa shape index (κ2) is 5.46. The Kier molecular flexibility index (Phi) is 3.96. The Balaban J connectivity index is 2.05. The summed E-state index contributed by atoms with van der Waals surface area (Å²) in [5.74, 6) is 0. The van der Waals surface area contributed by atoms with Crippen molar-refractivity contribution in [3.05, 3.63) is 18.0 Å². The molecule has 0 bridgehead atoms. The molecule has 0 aliphatic carbocycles. The van der Waals surface area contributed by atoms with Crippen LogP contribution < -0.4 is 5.32 Å². The van der Waals surface area contributed by atoms with Gasteiger partial charge in [0.05, 0.1) is 18.8 Å². The van der Waals surface area contributed by atoms with E-state index < -0.39 is 0 Å². The number of hydrogen-bond donors (Lipinski definition) is 1. The minimum atomic E-state index is 0.415. The average molecular weight is 223 g/mol. The van der Waals surface area contributed by atoms with Crippen molar-refractivity contribution in [2.75, 3.05) is 20.3 Å². The molecule has 1 aliphatic rings. The van der Waals surface area contributed by atoms with Gasteiger partial charge in [-0.15, -0.1) is 0 Å². The van der Waals surface area contributed by atoms with Crippen molar-refractivity contribution in [3.63, 3.8) is 0 Å². The van der Waals surface area contributed by atoms with Gasteiger partial charge < -0.3 is 10.1 Å². The first-order valence-electron chi connectivity index (χ1n) is 6.14. The van der Waals surface area contributed by atoms with E-state index in [1.165, 1.54) is 12.0 Å². The Morgan fingerprint density at radius 2 is 2.56 bits per heavy atom. The van der Waals surface area contributed by atoms with E-state index in [0.29, 0.717) is 12.1 Å². The molecule has 1 fully saturated rings. The molecule has 0 aromatic carbocycles. The highest BCUT2D eigenvalue weighted by atomic mass is 16.5. The van der Waals surface area contributed by atoms with E-state index in [1.54, 1.807) is 0 Å². The lowest BCUT2D eigenvalue weighted by Gasteiger charge is -2.22. The third-order valence-corrected chi connectivity index (χ3v) is 3.29. The summed E-state index contributed by atoms with van der Waals surface area (Å²) >= 11 is 0. The summed E-state index contributed by atoms with van der Waals surface area (Å²) in [6.07, 6.45) is 7.53. The van der Waals surface area contributed by atoms with Gasteiger partial charge in [0.25, 0.3) is 0 Å². The largest absolute Gasteiger partial charge is 0.379 e. The summed E-state index contributed by atoms with van der Waals surface area (Å²) in [5, 5.41) is 7.75. The van der Waals surface area contributed by atoms with Gasteiger partial charge in [-0.3, -0.25) is 4.68 Å². The highest BCUT2D eigenvalue weighted by Gasteiger charge is 2.18. The molecule has 1 aromatic rings. The van der Waals surface area contributed by atoms with Crippen LogP contribution in [0.2, 0.25) is 0 Å². The highest BCUT2D eigenvalue weighted by molar-refractivity contribution is 5.10. The van der Waals surface area contributed by atoms with Crippen LogP contribution in [0, 0.1) is 0 Å². The fraction of sp³-hybridized carbons (Fsp3) is 0.750. The lowest BCUT2D eigenvalue weighted by Crippen LogP contribution is -2.21. The van der Waals surface area contributed by atoms with Crippen LogP contribution in [-0.4, -0.2) is 30.0 Å². The van der Waals surface area contributed by atoms with Gasteiger partial charge in [-0.1, -0.05) is 6.92 Å². The van der Waals surface area contributed by atoms with Gasteiger partial charge in [0, 0.05) is 24.4 Å². The molecule has 0 radical (unpaired) electrons. The van der Waals surface area contributed by atoms with Crippen molar-refractivity contribution >= 4 is 0 Å². The maximum atomic E-state index is 5.48. The van der Waals surface area contributed by atoms with Gasteiger partial charge in [0.15, 0.2) is 0 Å². The van der Waals surface area contributed by atoms with E-state index in [2.05, 4.69) is 28.2 Å². The molecule has 0 amide bonds. The van der Waals surface area contributed by atoms with E-state index in [4.69, 9.17) is 4.74 Å². The van der Waals surface area contributed by atoms with Crippen molar-refractivity contribution < 1.29 is 4.74 Å². The Morgan fingerprint density at radius 3 is 3.19 bits per heavy atom. The molecule has 90 valence electrons. The fourth-order valence-electron chi connectivity index (χ4n) is 2.27. The molecule has 1 saturated heterocycles. The van der Waals surface area contributed by atoms with Gasteiger partial charge in [0.2, 0.25) is 0 Å². The molecule has 4 heteroatoms. The molecule has 4 nitrogen and oxygen atoms in total. The molecule has 0 spiro atoms. The van der Waals surface area contributed by atoms with Crippen LogP contribution in [0.5, 0.6) is 0 Å². The van der Waals surface area contributed by atoms with E-state index in [0.717, 1.165) is 26.1 Å². The lowest BCUT2D eigenvalue weighted by atomic mass is 10.1. The first kappa shape index (κ1) is 11.6. The van der Waals surface area contributed by atoms with Crippen LogP contribution in [0.3, 0.4) is 0 Å². The molecule has 16 heavy (non-hydrogen) atoms. The predicted octanol–water partition coefficient (Wildman–Crippen LogP) is 1.91. The molecule has 1 N–H and O–H groups in total. The van der Waals surface area contributed by atoms with Crippen LogP contribution in [0.25, 0.3) is 0 Å². The topological polar surface area (TPSA) is 39.1 Å². The summed E-state index contributed by atoms with van der Waals surface area (Å²) in [5.41, 5.74) is 1.27. The molecule has 2 unspecified atom stereocenters. The zero-order valence-electron chi connectivity index (χ0n) is 10.1. The van der Waals surface area contributed by atoms with Gasteiger partial charge >= 0.3 is 0 Å². The van der Waals surface area contributed by atoms with Gasteiger partial charge in [-0.2, -0.15) is 5.10 Å². The Morgan fingerprint density at radius 1 is 1.69 bits per heavy atom. The summed E-state index contributed by atoms with van der Waals surface area (Å²) in [6, 6.07) is 0.843. The summed E-state index contributed by atoms with van der Waals surface area (Å²) in [4.78, 5) is 0.